The largest absolute Gasteiger partial charge is 0.396 e. The molecule has 1 aliphatic rings. The number of hydrogen-bond acceptors (Lipinski definition) is 2. The minimum atomic E-state index is -0.0997. The molecule has 2 nitrogen and oxygen atoms in total. The molecule has 0 aromatic carbocycles. The molecule has 0 spiro atoms. The lowest BCUT2D eigenvalue weighted by Crippen LogP contribution is -2.34. The summed E-state index contributed by atoms with van der Waals surface area (Å²) in [5, 5.41) is 18.8. The molecule has 0 amide bonds. The van der Waals surface area contributed by atoms with E-state index in [1.165, 1.54) is 6.42 Å². The maximum atomic E-state index is 9.99. The van der Waals surface area contributed by atoms with Crippen molar-refractivity contribution in [2.24, 2.45) is 17.3 Å². The van der Waals surface area contributed by atoms with Crippen molar-refractivity contribution in [2.75, 3.05) is 6.61 Å². The van der Waals surface area contributed by atoms with Crippen molar-refractivity contribution in [2.45, 2.75) is 65.4 Å². The van der Waals surface area contributed by atoms with Gasteiger partial charge in [0.25, 0.3) is 0 Å². The van der Waals surface area contributed by atoms with Crippen molar-refractivity contribution in [3.05, 3.63) is 0 Å². The average Bonchev–Trinajstić information content (AvgIpc) is 2.19. The summed E-state index contributed by atoms with van der Waals surface area (Å²) in [7, 11) is 0. The first kappa shape index (κ1) is 14.0. The van der Waals surface area contributed by atoms with Gasteiger partial charge in [-0.1, -0.05) is 27.2 Å². The Hall–Kier alpha value is -0.0800. The lowest BCUT2D eigenvalue weighted by Gasteiger charge is -2.40. The molecule has 0 saturated heterocycles. The van der Waals surface area contributed by atoms with Gasteiger partial charge in [0.1, 0.15) is 0 Å². The second kappa shape index (κ2) is 6.02. The molecule has 1 fully saturated rings. The lowest BCUT2D eigenvalue weighted by atomic mass is 9.67. The topological polar surface area (TPSA) is 40.5 Å². The molecule has 0 aromatic rings. The van der Waals surface area contributed by atoms with Crippen LogP contribution in [0.1, 0.15) is 59.3 Å². The molecule has 1 rings (SSSR count). The van der Waals surface area contributed by atoms with Crippen LogP contribution in [0.25, 0.3) is 0 Å². The van der Waals surface area contributed by atoms with Gasteiger partial charge in [-0.3, -0.25) is 0 Å². The Morgan fingerprint density at radius 1 is 1.12 bits per heavy atom. The number of rotatable bonds is 4. The molecule has 2 N–H and O–H groups in total. The van der Waals surface area contributed by atoms with E-state index in [2.05, 4.69) is 20.8 Å². The van der Waals surface area contributed by atoms with Crippen molar-refractivity contribution in [3.8, 4) is 0 Å². The van der Waals surface area contributed by atoms with Crippen molar-refractivity contribution in [1.29, 1.82) is 0 Å². The summed E-state index contributed by atoms with van der Waals surface area (Å²) in [5.41, 5.74) is 0.370. The van der Waals surface area contributed by atoms with E-state index in [1.54, 1.807) is 0 Å². The van der Waals surface area contributed by atoms with Gasteiger partial charge < -0.3 is 10.2 Å². The number of aliphatic hydroxyl groups is 2. The van der Waals surface area contributed by atoms with E-state index in [0.29, 0.717) is 11.3 Å². The van der Waals surface area contributed by atoms with Crippen molar-refractivity contribution >= 4 is 0 Å². The second-order valence-corrected chi connectivity index (χ2v) is 6.42. The Bertz CT molecular complexity index is 195. The van der Waals surface area contributed by atoms with Crippen molar-refractivity contribution in [1.82, 2.24) is 0 Å². The first-order valence-corrected chi connectivity index (χ1v) is 6.74. The fourth-order valence-corrected chi connectivity index (χ4v) is 2.86. The molecule has 1 saturated carbocycles. The van der Waals surface area contributed by atoms with Crippen LogP contribution in [0.2, 0.25) is 0 Å². The lowest BCUT2D eigenvalue weighted by molar-refractivity contribution is 0.0144. The van der Waals surface area contributed by atoms with Crippen LogP contribution in [0, 0.1) is 17.3 Å². The Balaban J connectivity index is 2.42. The fourth-order valence-electron chi connectivity index (χ4n) is 2.86. The Labute approximate surface area is 100 Å². The predicted molar refractivity (Wildman–Crippen MR) is 67.2 cm³/mol. The third-order valence-electron chi connectivity index (χ3n) is 4.15. The number of hydrogen-bond donors (Lipinski definition) is 2. The zero-order valence-electron chi connectivity index (χ0n) is 11.1. The Morgan fingerprint density at radius 3 is 2.38 bits per heavy atom. The third kappa shape index (κ3) is 4.06. The van der Waals surface area contributed by atoms with Gasteiger partial charge in [-0.05, 0) is 49.4 Å². The molecule has 96 valence electrons. The van der Waals surface area contributed by atoms with E-state index in [9.17, 15) is 5.11 Å². The highest BCUT2D eigenvalue weighted by atomic mass is 16.3. The molecule has 16 heavy (non-hydrogen) atoms. The molecule has 2 heteroatoms. The molecule has 3 unspecified atom stereocenters. The van der Waals surface area contributed by atoms with E-state index in [4.69, 9.17) is 5.11 Å². The second-order valence-electron chi connectivity index (χ2n) is 6.42. The van der Waals surface area contributed by atoms with E-state index in [-0.39, 0.29) is 12.7 Å². The van der Waals surface area contributed by atoms with Crippen LogP contribution >= 0.6 is 0 Å². The van der Waals surface area contributed by atoms with Gasteiger partial charge in [-0.15, -0.1) is 0 Å². The van der Waals surface area contributed by atoms with Crippen LogP contribution in [0.3, 0.4) is 0 Å². The first-order valence-electron chi connectivity index (χ1n) is 6.74. The molecule has 0 bridgehead atoms. The fraction of sp³-hybridized carbons (Fsp3) is 1.00. The molecular formula is C14H28O2. The van der Waals surface area contributed by atoms with Gasteiger partial charge in [-0.2, -0.15) is 0 Å². The first-order chi connectivity index (χ1) is 7.45. The average molecular weight is 228 g/mol. The van der Waals surface area contributed by atoms with Crippen LogP contribution in [-0.4, -0.2) is 22.9 Å². The van der Waals surface area contributed by atoms with Crippen LogP contribution in [0.5, 0.6) is 0 Å². The van der Waals surface area contributed by atoms with Gasteiger partial charge in [0.05, 0.1) is 6.10 Å². The highest BCUT2D eigenvalue weighted by Gasteiger charge is 2.34. The highest BCUT2D eigenvalue weighted by Crippen LogP contribution is 2.41. The summed E-state index contributed by atoms with van der Waals surface area (Å²) in [6, 6.07) is 0. The normalized spacial score (nSPS) is 31.7. The molecule has 0 aromatic heterocycles. The van der Waals surface area contributed by atoms with Gasteiger partial charge >= 0.3 is 0 Å². The smallest absolute Gasteiger partial charge is 0.0568 e. The summed E-state index contributed by atoms with van der Waals surface area (Å²) >= 11 is 0. The van der Waals surface area contributed by atoms with E-state index < -0.39 is 0 Å². The molecule has 0 heterocycles. The summed E-state index contributed by atoms with van der Waals surface area (Å²) < 4.78 is 0. The molecule has 0 radical (unpaired) electrons. The SMILES string of the molecule is CC(C)(C)C1CCC(O)C(CCCCO)C1. The van der Waals surface area contributed by atoms with E-state index in [0.717, 1.165) is 38.0 Å². The highest BCUT2D eigenvalue weighted by molar-refractivity contribution is 4.85. The van der Waals surface area contributed by atoms with Crippen LogP contribution in [-0.2, 0) is 0 Å². The molecule has 0 aliphatic heterocycles. The summed E-state index contributed by atoms with van der Waals surface area (Å²) in [4.78, 5) is 0. The quantitative estimate of drug-likeness (QED) is 0.726. The van der Waals surface area contributed by atoms with Crippen LogP contribution in [0.15, 0.2) is 0 Å². The Kier molecular flexibility index (Phi) is 5.26. The van der Waals surface area contributed by atoms with Gasteiger partial charge in [0.2, 0.25) is 0 Å². The summed E-state index contributed by atoms with van der Waals surface area (Å²) in [6.07, 6.45) is 6.20. The van der Waals surface area contributed by atoms with Gasteiger partial charge in [0.15, 0.2) is 0 Å². The zero-order valence-corrected chi connectivity index (χ0v) is 11.1. The monoisotopic (exact) mass is 228 g/mol. The van der Waals surface area contributed by atoms with Crippen LogP contribution in [0.4, 0.5) is 0 Å². The van der Waals surface area contributed by atoms with Crippen molar-refractivity contribution < 1.29 is 10.2 Å². The molecule has 3 atom stereocenters. The van der Waals surface area contributed by atoms with E-state index >= 15 is 0 Å². The van der Waals surface area contributed by atoms with Crippen molar-refractivity contribution in [3.63, 3.8) is 0 Å². The summed E-state index contributed by atoms with van der Waals surface area (Å²) in [6.45, 7) is 7.20. The minimum Gasteiger partial charge on any atom is -0.396 e. The molecule has 1 aliphatic carbocycles. The minimum absolute atomic E-state index is 0.0997. The van der Waals surface area contributed by atoms with Crippen LogP contribution < -0.4 is 0 Å². The zero-order chi connectivity index (χ0) is 12.2. The maximum Gasteiger partial charge on any atom is 0.0568 e. The number of aliphatic hydroxyl groups excluding tert-OH is 2. The number of unbranched alkanes of at least 4 members (excludes halogenated alkanes) is 1. The standard InChI is InChI=1S/C14H28O2/c1-14(2,3)12-7-8-13(16)11(10-12)6-4-5-9-15/h11-13,15-16H,4-10H2,1-3H3. The molecular weight excluding hydrogens is 200 g/mol. The maximum absolute atomic E-state index is 9.99. The predicted octanol–water partition coefficient (Wildman–Crippen LogP) is 2.97. The third-order valence-corrected chi connectivity index (χ3v) is 4.15. The van der Waals surface area contributed by atoms with Gasteiger partial charge in [-0.25, -0.2) is 0 Å². The van der Waals surface area contributed by atoms with Gasteiger partial charge in [0, 0.05) is 6.61 Å². The van der Waals surface area contributed by atoms with E-state index in [1.807, 2.05) is 0 Å². The summed E-state index contributed by atoms with van der Waals surface area (Å²) in [5.74, 6) is 1.21. The Morgan fingerprint density at radius 2 is 1.81 bits per heavy atom.